The molecule has 1 saturated carbocycles. The van der Waals surface area contributed by atoms with Crippen molar-refractivity contribution in [2.75, 3.05) is 20.6 Å². The van der Waals surface area contributed by atoms with Crippen molar-refractivity contribution in [3.8, 4) is 0 Å². The Morgan fingerprint density at radius 1 is 1.65 bits per heavy atom. The van der Waals surface area contributed by atoms with Crippen LogP contribution in [0.4, 0.5) is 0 Å². The van der Waals surface area contributed by atoms with E-state index in [1.54, 1.807) is 11.3 Å². The first-order valence-electron chi connectivity index (χ1n) is 5.93. The number of thiophene rings is 1. The molecule has 0 aromatic carbocycles. The molecule has 1 fully saturated rings. The van der Waals surface area contributed by atoms with E-state index in [0.717, 1.165) is 0 Å². The number of rotatable bonds is 5. The number of likely N-dealkylation sites (N-methyl/N-ethyl adjacent to an activating group) is 1. The molecule has 1 aliphatic rings. The van der Waals surface area contributed by atoms with Crippen molar-refractivity contribution in [3.05, 3.63) is 22.4 Å². The van der Waals surface area contributed by atoms with Gasteiger partial charge in [0.1, 0.15) is 0 Å². The Labute approximate surface area is 107 Å². The number of nitrogens with two attached hydrogens (primary N) is 1. The van der Waals surface area contributed by atoms with Crippen molar-refractivity contribution in [3.63, 3.8) is 0 Å². The lowest BCUT2D eigenvalue weighted by Crippen LogP contribution is -2.34. The Bertz CT molecular complexity index is 368. The Balaban J connectivity index is 1.93. The highest BCUT2D eigenvalue weighted by Gasteiger charge is 2.21. The number of nitrogens with zero attached hydrogens (tertiary/aromatic N) is 2. The fraction of sp³-hybridized carbons (Fsp3) is 0.583. The van der Waals surface area contributed by atoms with E-state index >= 15 is 0 Å². The number of nitrogens with one attached hydrogen (secondary N) is 1. The molecule has 17 heavy (non-hydrogen) atoms. The van der Waals surface area contributed by atoms with Gasteiger partial charge in [0, 0.05) is 10.9 Å². The van der Waals surface area contributed by atoms with Crippen molar-refractivity contribution in [2.24, 2.45) is 10.7 Å². The number of guanidine groups is 1. The van der Waals surface area contributed by atoms with Gasteiger partial charge in [-0.1, -0.05) is 6.07 Å². The molecule has 0 amide bonds. The van der Waals surface area contributed by atoms with E-state index in [1.807, 2.05) is 0 Å². The molecular formula is C12H20N4S. The summed E-state index contributed by atoms with van der Waals surface area (Å²) in [5, 5.41) is 5.30. The van der Waals surface area contributed by atoms with Gasteiger partial charge in [-0.25, -0.2) is 0 Å². The SMILES string of the molecule is CN(C)C(CN=C(N)NC1CC1)c1cccs1. The summed E-state index contributed by atoms with van der Waals surface area (Å²) < 4.78 is 0. The molecule has 1 aliphatic carbocycles. The first kappa shape index (κ1) is 12.4. The average molecular weight is 252 g/mol. The molecule has 1 atom stereocenters. The summed E-state index contributed by atoms with van der Waals surface area (Å²) in [6.45, 7) is 0.707. The molecule has 0 bridgehead atoms. The van der Waals surface area contributed by atoms with Crippen LogP contribution in [0, 0.1) is 0 Å². The van der Waals surface area contributed by atoms with E-state index in [0.29, 0.717) is 24.6 Å². The van der Waals surface area contributed by atoms with Gasteiger partial charge in [-0.05, 0) is 38.4 Å². The zero-order chi connectivity index (χ0) is 12.3. The van der Waals surface area contributed by atoms with E-state index in [2.05, 4.69) is 46.8 Å². The molecule has 1 aromatic rings. The molecule has 5 heteroatoms. The first-order chi connectivity index (χ1) is 8.16. The zero-order valence-corrected chi connectivity index (χ0v) is 11.2. The van der Waals surface area contributed by atoms with Crippen molar-refractivity contribution in [1.82, 2.24) is 10.2 Å². The second-order valence-corrected chi connectivity index (χ2v) is 5.62. The fourth-order valence-corrected chi connectivity index (χ4v) is 2.57. The van der Waals surface area contributed by atoms with Gasteiger partial charge in [0.05, 0.1) is 12.6 Å². The van der Waals surface area contributed by atoms with E-state index in [4.69, 9.17) is 5.73 Å². The maximum atomic E-state index is 5.84. The van der Waals surface area contributed by atoms with Gasteiger partial charge in [0.15, 0.2) is 5.96 Å². The lowest BCUT2D eigenvalue weighted by Gasteiger charge is -2.21. The molecule has 0 radical (unpaired) electrons. The maximum Gasteiger partial charge on any atom is 0.188 e. The third-order valence-electron chi connectivity index (χ3n) is 2.86. The predicted octanol–water partition coefficient (Wildman–Crippen LogP) is 1.42. The van der Waals surface area contributed by atoms with Crippen molar-refractivity contribution < 1.29 is 0 Å². The van der Waals surface area contributed by atoms with Gasteiger partial charge < -0.3 is 16.0 Å². The van der Waals surface area contributed by atoms with Crippen LogP contribution >= 0.6 is 11.3 Å². The molecule has 0 aliphatic heterocycles. The van der Waals surface area contributed by atoms with Crippen LogP contribution in [0.15, 0.2) is 22.5 Å². The van der Waals surface area contributed by atoms with E-state index < -0.39 is 0 Å². The maximum absolute atomic E-state index is 5.84. The van der Waals surface area contributed by atoms with Gasteiger partial charge in [-0.3, -0.25) is 4.99 Å². The van der Waals surface area contributed by atoms with Gasteiger partial charge >= 0.3 is 0 Å². The Hall–Kier alpha value is -1.07. The third-order valence-corrected chi connectivity index (χ3v) is 3.83. The van der Waals surface area contributed by atoms with Crippen molar-refractivity contribution in [2.45, 2.75) is 24.9 Å². The monoisotopic (exact) mass is 252 g/mol. The largest absolute Gasteiger partial charge is 0.370 e. The minimum atomic E-state index is 0.314. The highest BCUT2D eigenvalue weighted by Crippen LogP contribution is 2.23. The predicted molar refractivity (Wildman–Crippen MR) is 73.4 cm³/mol. The van der Waals surface area contributed by atoms with Crippen LogP contribution in [0.3, 0.4) is 0 Å². The smallest absolute Gasteiger partial charge is 0.188 e. The summed E-state index contributed by atoms with van der Waals surface area (Å²) in [5.74, 6) is 0.580. The van der Waals surface area contributed by atoms with Crippen LogP contribution < -0.4 is 11.1 Å². The van der Waals surface area contributed by atoms with Gasteiger partial charge in [0.2, 0.25) is 0 Å². The second-order valence-electron chi connectivity index (χ2n) is 4.64. The molecule has 3 N–H and O–H groups in total. The molecule has 94 valence electrons. The summed E-state index contributed by atoms with van der Waals surface area (Å²) >= 11 is 1.77. The molecular weight excluding hydrogens is 232 g/mol. The molecule has 1 heterocycles. The van der Waals surface area contributed by atoms with Gasteiger partial charge in [0.25, 0.3) is 0 Å². The van der Waals surface area contributed by atoms with E-state index in [9.17, 15) is 0 Å². The highest BCUT2D eigenvalue weighted by molar-refractivity contribution is 7.10. The summed E-state index contributed by atoms with van der Waals surface area (Å²) in [6.07, 6.45) is 2.44. The van der Waals surface area contributed by atoms with Crippen LogP contribution in [0.5, 0.6) is 0 Å². The van der Waals surface area contributed by atoms with Crippen molar-refractivity contribution in [1.29, 1.82) is 0 Å². The first-order valence-corrected chi connectivity index (χ1v) is 6.81. The van der Waals surface area contributed by atoms with Crippen LogP contribution in [0.1, 0.15) is 23.8 Å². The van der Waals surface area contributed by atoms with E-state index in [-0.39, 0.29) is 0 Å². The quantitative estimate of drug-likeness (QED) is 0.615. The van der Waals surface area contributed by atoms with E-state index in [1.165, 1.54) is 17.7 Å². The Morgan fingerprint density at radius 2 is 2.41 bits per heavy atom. The summed E-state index contributed by atoms with van der Waals surface area (Å²) in [6, 6.07) is 5.11. The zero-order valence-electron chi connectivity index (χ0n) is 10.4. The minimum absolute atomic E-state index is 0.314. The number of aliphatic imine (C=N–C) groups is 1. The normalized spacial score (nSPS) is 18.4. The number of hydrogen-bond donors (Lipinski definition) is 2. The summed E-state index contributed by atoms with van der Waals surface area (Å²) in [4.78, 5) is 7.94. The lowest BCUT2D eigenvalue weighted by atomic mass is 10.2. The molecule has 1 aromatic heterocycles. The minimum Gasteiger partial charge on any atom is -0.370 e. The topological polar surface area (TPSA) is 53.6 Å². The van der Waals surface area contributed by atoms with Crippen LogP contribution in [-0.2, 0) is 0 Å². The van der Waals surface area contributed by atoms with Crippen LogP contribution in [0.2, 0.25) is 0 Å². The Morgan fingerprint density at radius 3 is 2.94 bits per heavy atom. The van der Waals surface area contributed by atoms with Gasteiger partial charge in [-0.2, -0.15) is 0 Å². The van der Waals surface area contributed by atoms with Crippen LogP contribution in [0.25, 0.3) is 0 Å². The highest BCUT2D eigenvalue weighted by atomic mass is 32.1. The molecule has 0 saturated heterocycles. The second kappa shape index (κ2) is 5.51. The lowest BCUT2D eigenvalue weighted by molar-refractivity contribution is 0.310. The molecule has 4 nitrogen and oxygen atoms in total. The molecule has 1 unspecified atom stereocenters. The molecule has 2 rings (SSSR count). The Kier molecular flexibility index (Phi) is 4.02. The molecule has 0 spiro atoms. The standard InChI is InChI=1S/C12H20N4S/c1-16(2)10(11-4-3-7-17-11)8-14-12(13)15-9-5-6-9/h3-4,7,9-10H,5-6,8H2,1-2H3,(H3,13,14,15). The fourth-order valence-electron chi connectivity index (χ4n) is 1.66. The average Bonchev–Trinajstić information content (AvgIpc) is 2.92. The van der Waals surface area contributed by atoms with Crippen molar-refractivity contribution >= 4 is 17.3 Å². The van der Waals surface area contributed by atoms with Crippen LogP contribution in [-0.4, -0.2) is 37.5 Å². The summed E-state index contributed by atoms with van der Waals surface area (Å²) in [5.41, 5.74) is 5.84. The number of hydrogen-bond acceptors (Lipinski definition) is 3. The van der Waals surface area contributed by atoms with Gasteiger partial charge in [-0.15, -0.1) is 11.3 Å². The summed E-state index contributed by atoms with van der Waals surface area (Å²) in [7, 11) is 4.15. The third kappa shape index (κ3) is 3.71.